The minimum absolute atomic E-state index is 0.00125. The first-order valence-corrected chi connectivity index (χ1v) is 9.95. The monoisotopic (exact) mass is 369 g/mol. The Hall–Kier alpha value is -2.34. The van der Waals surface area contributed by atoms with Crippen LogP contribution in [0.1, 0.15) is 30.9 Å². The van der Waals surface area contributed by atoms with E-state index in [4.69, 9.17) is 4.42 Å². The molecule has 0 saturated carbocycles. The van der Waals surface area contributed by atoms with Gasteiger partial charge in [0.15, 0.2) is 0 Å². The van der Waals surface area contributed by atoms with Gasteiger partial charge in [-0.2, -0.15) is 0 Å². The highest BCUT2D eigenvalue weighted by molar-refractivity contribution is 5.92. The van der Waals surface area contributed by atoms with E-state index in [9.17, 15) is 9.59 Å². The molecule has 2 aromatic rings. The number of nitrogens with one attached hydrogen (secondary N) is 1. The lowest BCUT2D eigenvalue weighted by atomic mass is 10.0. The van der Waals surface area contributed by atoms with Crippen molar-refractivity contribution in [3.63, 3.8) is 0 Å². The Morgan fingerprint density at radius 2 is 2.04 bits per heavy atom. The maximum atomic E-state index is 13.1. The summed E-state index contributed by atoms with van der Waals surface area (Å²) < 4.78 is 5.63. The molecule has 6 nitrogen and oxygen atoms in total. The second-order valence-corrected chi connectivity index (χ2v) is 7.46. The van der Waals surface area contributed by atoms with Gasteiger partial charge < -0.3 is 19.5 Å². The van der Waals surface area contributed by atoms with Crippen molar-refractivity contribution in [2.45, 2.75) is 38.6 Å². The van der Waals surface area contributed by atoms with Crippen LogP contribution < -0.4 is 5.32 Å². The Bertz CT molecular complexity index is 838. The Kier molecular flexibility index (Phi) is 5.16. The molecular weight excluding hydrogens is 342 g/mol. The number of furan rings is 1. The molecule has 4 rings (SSSR count). The molecule has 1 aromatic heterocycles. The molecule has 0 radical (unpaired) electrons. The standard InChI is InChI=1S/C21H27N3O3/c1-2-15-5-6-19-17(11-15)16(14-27-19)12-20(25)24-10-7-22-13-18(24)21(26)23-8-3-4-9-23/h5-6,11,14,18,22H,2-4,7-10,12-13H2,1H3. The summed E-state index contributed by atoms with van der Waals surface area (Å²) in [5.41, 5.74) is 2.93. The summed E-state index contributed by atoms with van der Waals surface area (Å²) in [6.07, 6.45) is 5.01. The lowest BCUT2D eigenvalue weighted by Crippen LogP contribution is -2.60. The third-order valence-electron chi connectivity index (χ3n) is 5.73. The zero-order chi connectivity index (χ0) is 18.8. The summed E-state index contributed by atoms with van der Waals surface area (Å²) in [5, 5.41) is 4.27. The second-order valence-electron chi connectivity index (χ2n) is 7.46. The summed E-state index contributed by atoms with van der Waals surface area (Å²) in [4.78, 5) is 29.6. The molecule has 1 N–H and O–H groups in total. The first kappa shape index (κ1) is 18.0. The smallest absolute Gasteiger partial charge is 0.246 e. The maximum Gasteiger partial charge on any atom is 0.246 e. The zero-order valence-electron chi connectivity index (χ0n) is 15.9. The van der Waals surface area contributed by atoms with E-state index in [0.29, 0.717) is 13.1 Å². The molecule has 144 valence electrons. The molecule has 2 aliphatic heterocycles. The van der Waals surface area contributed by atoms with Crippen LogP contribution in [0.2, 0.25) is 0 Å². The molecule has 2 amide bonds. The molecule has 0 aliphatic carbocycles. The number of fused-ring (bicyclic) bond motifs is 1. The van der Waals surface area contributed by atoms with Crippen LogP contribution in [-0.2, 0) is 22.4 Å². The number of benzene rings is 1. The topological polar surface area (TPSA) is 65.8 Å². The van der Waals surface area contributed by atoms with Crippen molar-refractivity contribution in [2.75, 3.05) is 32.7 Å². The van der Waals surface area contributed by atoms with Gasteiger partial charge in [-0.05, 0) is 37.0 Å². The van der Waals surface area contributed by atoms with E-state index in [0.717, 1.165) is 55.4 Å². The number of hydrogen-bond acceptors (Lipinski definition) is 4. The number of piperazine rings is 1. The minimum Gasteiger partial charge on any atom is -0.464 e. The number of aryl methyl sites for hydroxylation is 1. The molecular formula is C21H27N3O3. The van der Waals surface area contributed by atoms with Gasteiger partial charge in [0.1, 0.15) is 11.6 Å². The van der Waals surface area contributed by atoms with E-state index in [1.54, 1.807) is 11.2 Å². The SMILES string of the molecule is CCc1ccc2occ(CC(=O)N3CCNCC3C(=O)N3CCCC3)c2c1. The van der Waals surface area contributed by atoms with Gasteiger partial charge in [-0.15, -0.1) is 0 Å². The molecule has 3 heterocycles. The number of carbonyl (C=O) groups excluding carboxylic acids is 2. The highest BCUT2D eigenvalue weighted by atomic mass is 16.3. The van der Waals surface area contributed by atoms with Gasteiger partial charge in [0.25, 0.3) is 0 Å². The van der Waals surface area contributed by atoms with Crippen LogP contribution in [-0.4, -0.2) is 60.4 Å². The summed E-state index contributed by atoms with van der Waals surface area (Å²) in [7, 11) is 0. The van der Waals surface area contributed by atoms with Gasteiger partial charge in [-0.1, -0.05) is 13.0 Å². The van der Waals surface area contributed by atoms with Crippen LogP contribution in [0, 0.1) is 0 Å². The van der Waals surface area contributed by atoms with E-state index in [-0.39, 0.29) is 18.2 Å². The van der Waals surface area contributed by atoms with Crippen molar-refractivity contribution in [3.8, 4) is 0 Å². The average molecular weight is 369 g/mol. The van der Waals surface area contributed by atoms with Crippen molar-refractivity contribution in [1.29, 1.82) is 0 Å². The molecule has 0 bridgehead atoms. The number of carbonyl (C=O) groups is 2. The normalized spacial score (nSPS) is 20.4. The van der Waals surface area contributed by atoms with Crippen molar-refractivity contribution in [1.82, 2.24) is 15.1 Å². The van der Waals surface area contributed by atoms with E-state index in [1.165, 1.54) is 5.56 Å². The number of amides is 2. The zero-order valence-corrected chi connectivity index (χ0v) is 15.9. The van der Waals surface area contributed by atoms with Crippen molar-refractivity contribution < 1.29 is 14.0 Å². The van der Waals surface area contributed by atoms with Crippen LogP contribution in [0.25, 0.3) is 11.0 Å². The highest BCUT2D eigenvalue weighted by Gasteiger charge is 2.35. The average Bonchev–Trinajstić information content (AvgIpc) is 3.37. The maximum absolute atomic E-state index is 13.1. The second kappa shape index (κ2) is 7.72. The number of likely N-dealkylation sites (tertiary alicyclic amines) is 1. The third kappa shape index (κ3) is 3.58. The molecule has 1 unspecified atom stereocenters. The third-order valence-corrected chi connectivity index (χ3v) is 5.73. The molecule has 2 fully saturated rings. The van der Waals surface area contributed by atoms with Crippen LogP contribution in [0.4, 0.5) is 0 Å². The predicted molar refractivity (Wildman–Crippen MR) is 103 cm³/mol. The first-order chi connectivity index (χ1) is 13.2. The molecule has 1 atom stereocenters. The van der Waals surface area contributed by atoms with Crippen LogP contribution in [0.5, 0.6) is 0 Å². The lowest BCUT2D eigenvalue weighted by Gasteiger charge is -2.37. The fourth-order valence-electron chi connectivity index (χ4n) is 4.12. The molecule has 1 aromatic carbocycles. The van der Waals surface area contributed by atoms with Gasteiger partial charge in [-0.3, -0.25) is 9.59 Å². The lowest BCUT2D eigenvalue weighted by molar-refractivity contribution is -0.145. The summed E-state index contributed by atoms with van der Waals surface area (Å²) in [6.45, 7) is 5.56. The van der Waals surface area contributed by atoms with E-state index in [2.05, 4.69) is 24.4 Å². The van der Waals surface area contributed by atoms with Crippen LogP contribution in [0.3, 0.4) is 0 Å². The minimum atomic E-state index is -0.395. The van der Waals surface area contributed by atoms with Crippen molar-refractivity contribution in [2.24, 2.45) is 0 Å². The van der Waals surface area contributed by atoms with E-state index >= 15 is 0 Å². The van der Waals surface area contributed by atoms with E-state index < -0.39 is 6.04 Å². The predicted octanol–water partition coefficient (Wildman–Crippen LogP) is 1.96. The van der Waals surface area contributed by atoms with Crippen LogP contribution >= 0.6 is 0 Å². The van der Waals surface area contributed by atoms with Gasteiger partial charge in [0.05, 0.1) is 12.7 Å². The first-order valence-electron chi connectivity index (χ1n) is 9.95. The van der Waals surface area contributed by atoms with Gasteiger partial charge in [-0.25, -0.2) is 0 Å². The molecule has 27 heavy (non-hydrogen) atoms. The molecule has 2 aliphatic rings. The summed E-state index contributed by atoms with van der Waals surface area (Å²) >= 11 is 0. The largest absolute Gasteiger partial charge is 0.464 e. The summed E-state index contributed by atoms with van der Waals surface area (Å²) in [6, 6.07) is 5.73. The van der Waals surface area contributed by atoms with Crippen LogP contribution in [0.15, 0.2) is 28.9 Å². The van der Waals surface area contributed by atoms with Gasteiger partial charge >= 0.3 is 0 Å². The number of rotatable bonds is 4. The number of hydrogen-bond donors (Lipinski definition) is 1. The fraction of sp³-hybridized carbons (Fsp3) is 0.524. The molecule has 6 heteroatoms. The Labute approximate surface area is 159 Å². The fourth-order valence-corrected chi connectivity index (χ4v) is 4.12. The van der Waals surface area contributed by atoms with Gasteiger partial charge in [0, 0.05) is 43.7 Å². The number of nitrogens with zero attached hydrogens (tertiary/aromatic N) is 2. The summed E-state index contributed by atoms with van der Waals surface area (Å²) in [5.74, 6) is 0.0806. The highest BCUT2D eigenvalue weighted by Crippen LogP contribution is 2.24. The quantitative estimate of drug-likeness (QED) is 0.895. The Balaban J connectivity index is 1.53. The Morgan fingerprint density at radius 3 is 2.81 bits per heavy atom. The molecule has 2 saturated heterocycles. The van der Waals surface area contributed by atoms with Gasteiger partial charge in [0.2, 0.25) is 11.8 Å². The van der Waals surface area contributed by atoms with Crippen molar-refractivity contribution in [3.05, 3.63) is 35.6 Å². The Morgan fingerprint density at radius 1 is 1.22 bits per heavy atom. The van der Waals surface area contributed by atoms with E-state index in [1.807, 2.05) is 11.0 Å². The van der Waals surface area contributed by atoms with Crippen molar-refractivity contribution >= 4 is 22.8 Å². The molecule has 0 spiro atoms.